The number of carbonyl (C=O) groups excluding carboxylic acids is 2. The maximum Gasteiger partial charge on any atom is 0.417 e. The number of aromatic nitrogens is 3. The molecule has 2 heterocycles. The highest BCUT2D eigenvalue weighted by molar-refractivity contribution is 6.33. The lowest BCUT2D eigenvalue weighted by molar-refractivity contribution is -0.384. The molecule has 3 aromatic rings. The maximum absolute atomic E-state index is 12.7. The van der Waals surface area contributed by atoms with Crippen LogP contribution in [0.1, 0.15) is 28.5 Å². The molecule has 14 heteroatoms. The Kier molecular flexibility index (Phi) is 6.86. The predicted octanol–water partition coefficient (Wildman–Crippen LogP) is 4.34. The number of carbonyl (C=O) groups is 2. The number of alkyl halides is 3. The van der Waals surface area contributed by atoms with Gasteiger partial charge in [-0.3, -0.25) is 14.9 Å². The zero-order chi connectivity index (χ0) is 25.2. The Morgan fingerprint density at radius 3 is 2.53 bits per heavy atom. The molecule has 2 aromatic heterocycles. The molecule has 1 unspecified atom stereocenters. The Labute approximate surface area is 194 Å². The largest absolute Gasteiger partial charge is 0.449 e. The zero-order valence-electron chi connectivity index (χ0n) is 17.5. The monoisotopic (exact) mass is 497 g/mol. The fourth-order valence-corrected chi connectivity index (χ4v) is 2.92. The van der Waals surface area contributed by atoms with E-state index >= 15 is 0 Å². The highest BCUT2D eigenvalue weighted by Crippen LogP contribution is 2.29. The first-order valence-electron chi connectivity index (χ1n) is 9.42. The molecule has 0 fully saturated rings. The number of benzene rings is 1. The van der Waals surface area contributed by atoms with E-state index in [1.54, 1.807) is 0 Å². The number of pyridine rings is 1. The summed E-state index contributed by atoms with van der Waals surface area (Å²) >= 11 is 5.94. The lowest BCUT2D eigenvalue weighted by Gasteiger charge is -2.14. The fourth-order valence-electron chi connectivity index (χ4n) is 2.75. The number of halogens is 4. The van der Waals surface area contributed by atoms with Gasteiger partial charge >= 0.3 is 12.1 Å². The SMILES string of the molecule is Cc1c(C(=O)OC(C)C(=O)Nc2cc([N+](=O)[O-])ccc2Cl)cnn1-c1ccc(C(F)(F)F)cn1. The molecule has 10 nitrogen and oxygen atoms in total. The van der Waals surface area contributed by atoms with E-state index in [-0.39, 0.29) is 33.5 Å². The van der Waals surface area contributed by atoms with Gasteiger partial charge in [0.05, 0.1) is 33.1 Å². The van der Waals surface area contributed by atoms with Crippen LogP contribution in [0.3, 0.4) is 0 Å². The first-order valence-corrected chi connectivity index (χ1v) is 9.80. The third kappa shape index (κ3) is 5.31. The number of hydrogen-bond acceptors (Lipinski definition) is 7. The highest BCUT2D eigenvalue weighted by Gasteiger charge is 2.31. The average Bonchev–Trinajstić information content (AvgIpc) is 3.15. The van der Waals surface area contributed by atoms with Crippen molar-refractivity contribution >= 4 is 34.9 Å². The topological polar surface area (TPSA) is 129 Å². The van der Waals surface area contributed by atoms with E-state index in [1.807, 2.05) is 0 Å². The van der Waals surface area contributed by atoms with E-state index in [1.165, 1.54) is 19.9 Å². The van der Waals surface area contributed by atoms with Crippen LogP contribution < -0.4 is 5.32 Å². The first-order chi connectivity index (χ1) is 15.9. The number of nitro groups is 1. The van der Waals surface area contributed by atoms with Crippen LogP contribution in [0.25, 0.3) is 5.82 Å². The van der Waals surface area contributed by atoms with Gasteiger partial charge in [0.1, 0.15) is 5.56 Å². The van der Waals surface area contributed by atoms with Gasteiger partial charge in [0.2, 0.25) is 0 Å². The summed E-state index contributed by atoms with van der Waals surface area (Å²) in [5.74, 6) is -1.69. The van der Waals surface area contributed by atoms with Crippen LogP contribution in [0.15, 0.2) is 42.7 Å². The van der Waals surface area contributed by atoms with Crippen LogP contribution in [0.2, 0.25) is 5.02 Å². The van der Waals surface area contributed by atoms with Crippen molar-refractivity contribution in [2.75, 3.05) is 5.32 Å². The number of rotatable bonds is 6. The molecule has 0 radical (unpaired) electrons. The van der Waals surface area contributed by atoms with E-state index in [9.17, 15) is 32.9 Å². The molecule has 1 atom stereocenters. The molecule has 0 aliphatic rings. The lowest BCUT2D eigenvalue weighted by Crippen LogP contribution is -2.30. The maximum atomic E-state index is 12.7. The lowest BCUT2D eigenvalue weighted by atomic mass is 10.2. The summed E-state index contributed by atoms with van der Waals surface area (Å²) < 4.78 is 44.4. The van der Waals surface area contributed by atoms with E-state index in [0.717, 1.165) is 35.1 Å². The van der Waals surface area contributed by atoms with Crippen molar-refractivity contribution in [3.8, 4) is 5.82 Å². The van der Waals surface area contributed by atoms with Crippen molar-refractivity contribution in [1.29, 1.82) is 0 Å². The summed E-state index contributed by atoms with van der Waals surface area (Å²) in [5.41, 5.74) is -1.11. The van der Waals surface area contributed by atoms with Crippen molar-refractivity contribution in [3.63, 3.8) is 0 Å². The van der Waals surface area contributed by atoms with Gasteiger partial charge in [0.15, 0.2) is 11.9 Å². The van der Waals surface area contributed by atoms with Crippen molar-refractivity contribution in [2.24, 2.45) is 0 Å². The minimum atomic E-state index is -4.55. The quantitative estimate of drug-likeness (QED) is 0.304. The van der Waals surface area contributed by atoms with Crippen molar-refractivity contribution in [2.45, 2.75) is 26.1 Å². The van der Waals surface area contributed by atoms with Crippen LogP contribution in [-0.4, -0.2) is 37.7 Å². The van der Waals surface area contributed by atoms with Crippen LogP contribution >= 0.6 is 11.6 Å². The normalized spacial score (nSPS) is 12.2. The third-order valence-electron chi connectivity index (χ3n) is 4.59. The number of amides is 1. The minimum Gasteiger partial charge on any atom is -0.449 e. The van der Waals surface area contributed by atoms with Gasteiger partial charge in [-0.2, -0.15) is 18.3 Å². The van der Waals surface area contributed by atoms with Gasteiger partial charge in [-0.15, -0.1) is 0 Å². The fraction of sp³-hybridized carbons (Fsp3) is 0.200. The molecule has 0 aliphatic carbocycles. The van der Waals surface area contributed by atoms with Gasteiger partial charge in [0, 0.05) is 18.3 Å². The Bertz CT molecular complexity index is 1260. The van der Waals surface area contributed by atoms with E-state index in [0.29, 0.717) is 6.20 Å². The van der Waals surface area contributed by atoms with Crippen LogP contribution in [-0.2, 0) is 15.7 Å². The molecular weight excluding hydrogens is 483 g/mol. The summed E-state index contributed by atoms with van der Waals surface area (Å²) in [6.07, 6.45) is -4.11. The van der Waals surface area contributed by atoms with Crippen molar-refractivity contribution < 1.29 is 32.4 Å². The number of nitrogens with one attached hydrogen (secondary N) is 1. The molecule has 0 saturated heterocycles. The van der Waals surface area contributed by atoms with Crippen LogP contribution in [0.4, 0.5) is 24.5 Å². The smallest absolute Gasteiger partial charge is 0.417 e. The molecule has 0 bridgehead atoms. The Balaban J connectivity index is 1.71. The van der Waals surface area contributed by atoms with Gasteiger partial charge in [-0.25, -0.2) is 14.5 Å². The number of anilines is 1. The first kappa shape index (κ1) is 24.6. The van der Waals surface area contributed by atoms with Gasteiger partial charge in [-0.1, -0.05) is 11.6 Å². The average molecular weight is 498 g/mol. The molecule has 1 amide bonds. The minimum absolute atomic E-state index is 0.0376. The standard InChI is InChI=1S/C20H15ClF3N5O5/c1-10-14(9-26-28(10)17-6-3-12(8-25-17)20(22,23)24)19(31)34-11(2)18(30)27-16-7-13(29(32)33)4-5-15(16)21/h3-9,11H,1-2H3,(H,27,30). The molecule has 178 valence electrons. The number of esters is 1. The molecule has 0 spiro atoms. The van der Waals surface area contributed by atoms with Crippen molar-refractivity contribution in [3.05, 3.63) is 74.7 Å². The number of ether oxygens (including phenoxy) is 1. The van der Waals surface area contributed by atoms with Gasteiger partial charge in [-0.05, 0) is 32.0 Å². The third-order valence-corrected chi connectivity index (χ3v) is 4.92. The molecule has 1 aromatic carbocycles. The Morgan fingerprint density at radius 2 is 1.94 bits per heavy atom. The summed E-state index contributed by atoms with van der Waals surface area (Å²) in [5, 5.41) is 17.2. The Hall–Kier alpha value is -4.00. The second-order valence-electron chi connectivity index (χ2n) is 6.92. The van der Waals surface area contributed by atoms with Crippen molar-refractivity contribution in [1.82, 2.24) is 14.8 Å². The van der Waals surface area contributed by atoms with E-state index in [2.05, 4.69) is 15.4 Å². The summed E-state index contributed by atoms with van der Waals surface area (Å²) in [6.45, 7) is 2.74. The number of hydrogen-bond donors (Lipinski definition) is 1. The molecule has 3 rings (SSSR count). The second-order valence-corrected chi connectivity index (χ2v) is 7.32. The van der Waals surface area contributed by atoms with E-state index < -0.39 is 34.6 Å². The number of non-ortho nitro benzene ring substituents is 1. The van der Waals surface area contributed by atoms with Crippen LogP contribution in [0.5, 0.6) is 0 Å². The molecular formula is C20H15ClF3N5O5. The summed E-state index contributed by atoms with van der Waals surface area (Å²) in [6, 6.07) is 5.37. The molecule has 1 N–H and O–H groups in total. The number of nitro benzene ring substituents is 1. The second kappa shape index (κ2) is 9.47. The molecule has 0 saturated carbocycles. The van der Waals surface area contributed by atoms with E-state index in [4.69, 9.17) is 16.3 Å². The predicted molar refractivity (Wildman–Crippen MR) is 113 cm³/mol. The zero-order valence-corrected chi connectivity index (χ0v) is 18.2. The molecule has 34 heavy (non-hydrogen) atoms. The summed E-state index contributed by atoms with van der Waals surface area (Å²) in [4.78, 5) is 38.9. The van der Waals surface area contributed by atoms with Gasteiger partial charge in [0.25, 0.3) is 11.6 Å². The Morgan fingerprint density at radius 1 is 1.24 bits per heavy atom. The van der Waals surface area contributed by atoms with Crippen LogP contribution in [0, 0.1) is 17.0 Å². The highest BCUT2D eigenvalue weighted by atomic mass is 35.5. The summed E-state index contributed by atoms with van der Waals surface area (Å²) in [7, 11) is 0. The molecule has 0 aliphatic heterocycles. The van der Waals surface area contributed by atoms with Gasteiger partial charge < -0.3 is 10.1 Å². The number of nitrogens with zero attached hydrogens (tertiary/aromatic N) is 4.